The number of fused-ring (bicyclic) bond motifs is 2. The minimum Gasteiger partial charge on any atom is -0.457 e. The van der Waals surface area contributed by atoms with Gasteiger partial charge >= 0.3 is 0 Å². The lowest BCUT2D eigenvalue weighted by Crippen LogP contribution is -2.25. The van der Waals surface area contributed by atoms with E-state index in [2.05, 4.69) is 36.5 Å². The van der Waals surface area contributed by atoms with Gasteiger partial charge in [0.05, 0.1) is 6.04 Å². The summed E-state index contributed by atoms with van der Waals surface area (Å²) in [5.41, 5.74) is 2.43. The highest BCUT2D eigenvalue weighted by Gasteiger charge is 2.25. The lowest BCUT2D eigenvalue weighted by molar-refractivity contribution is 0.431. The van der Waals surface area contributed by atoms with Gasteiger partial charge in [0.25, 0.3) is 0 Å². The molecule has 0 saturated carbocycles. The third-order valence-corrected chi connectivity index (χ3v) is 3.09. The first-order chi connectivity index (χ1) is 8.40. The summed E-state index contributed by atoms with van der Waals surface area (Å²) in [7, 11) is 0. The number of benzene rings is 2. The summed E-state index contributed by atoms with van der Waals surface area (Å²) >= 11 is 0. The van der Waals surface area contributed by atoms with Crippen LogP contribution in [0.15, 0.2) is 48.5 Å². The van der Waals surface area contributed by atoms with Gasteiger partial charge in [-0.15, -0.1) is 0 Å². The average Bonchev–Trinajstić information content (AvgIpc) is 2.39. The first kappa shape index (κ1) is 10.4. The Kier molecular flexibility index (Phi) is 2.57. The predicted octanol–water partition coefficient (Wildman–Crippen LogP) is 3.49. The van der Waals surface area contributed by atoms with E-state index in [9.17, 15) is 0 Å². The van der Waals surface area contributed by atoms with Crippen molar-refractivity contribution in [2.24, 2.45) is 0 Å². The molecule has 0 spiro atoms. The molecule has 0 unspecified atom stereocenters. The van der Waals surface area contributed by atoms with Crippen molar-refractivity contribution in [3.63, 3.8) is 0 Å². The molecule has 2 aromatic rings. The quantitative estimate of drug-likeness (QED) is 0.844. The average molecular weight is 225 g/mol. The molecule has 2 heteroatoms. The zero-order chi connectivity index (χ0) is 11.7. The second kappa shape index (κ2) is 4.22. The van der Waals surface area contributed by atoms with Crippen molar-refractivity contribution in [1.29, 1.82) is 0 Å². The van der Waals surface area contributed by atoms with Gasteiger partial charge in [-0.3, -0.25) is 0 Å². The molecule has 0 aliphatic carbocycles. The van der Waals surface area contributed by atoms with Crippen molar-refractivity contribution in [3.05, 3.63) is 59.7 Å². The minimum atomic E-state index is 0.237. The van der Waals surface area contributed by atoms with Crippen LogP contribution in [0.1, 0.15) is 24.1 Å². The largest absolute Gasteiger partial charge is 0.457 e. The topological polar surface area (TPSA) is 21.3 Å². The zero-order valence-corrected chi connectivity index (χ0v) is 9.81. The van der Waals surface area contributed by atoms with Crippen molar-refractivity contribution >= 4 is 0 Å². The molecule has 17 heavy (non-hydrogen) atoms. The molecule has 0 fully saturated rings. The molecule has 3 rings (SSSR count). The van der Waals surface area contributed by atoms with Crippen molar-refractivity contribution in [3.8, 4) is 11.5 Å². The summed E-state index contributed by atoms with van der Waals surface area (Å²) in [6, 6.07) is 16.7. The molecule has 0 atom stereocenters. The maximum absolute atomic E-state index is 5.91. The van der Waals surface area contributed by atoms with Crippen molar-refractivity contribution in [1.82, 2.24) is 5.32 Å². The van der Waals surface area contributed by atoms with Gasteiger partial charge < -0.3 is 10.1 Å². The summed E-state index contributed by atoms with van der Waals surface area (Å²) in [6.07, 6.45) is 0. The molecular formula is C15H15NO. The fraction of sp³-hybridized carbons (Fsp3) is 0.200. The fourth-order valence-corrected chi connectivity index (χ4v) is 2.33. The molecule has 2 aromatic carbocycles. The summed E-state index contributed by atoms with van der Waals surface area (Å²) in [6.45, 7) is 3.06. The Labute approximate surface area is 101 Å². The van der Waals surface area contributed by atoms with Crippen molar-refractivity contribution in [2.75, 3.05) is 6.54 Å². The van der Waals surface area contributed by atoms with E-state index in [-0.39, 0.29) is 6.04 Å². The van der Waals surface area contributed by atoms with E-state index in [4.69, 9.17) is 4.74 Å². The van der Waals surface area contributed by atoms with Gasteiger partial charge in [0.1, 0.15) is 11.5 Å². The number of hydrogen-bond donors (Lipinski definition) is 1. The fourth-order valence-electron chi connectivity index (χ4n) is 2.33. The van der Waals surface area contributed by atoms with Crippen LogP contribution in [0.4, 0.5) is 0 Å². The molecule has 0 amide bonds. The number of hydrogen-bond acceptors (Lipinski definition) is 2. The second-order valence-electron chi connectivity index (χ2n) is 4.17. The van der Waals surface area contributed by atoms with Crippen LogP contribution >= 0.6 is 0 Å². The van der Waals surface area contributed by atoms with Crippen LogP contribution in [0.3, 0.4) is 0 Å². The van der Waals surface area contributed by atoms with Crippen LogP contribution in [0.25, 0.3) is 0 Å². The van der Waals surface area contributed by atoms with Gasteiger partial charge in [0.2, 0.25) is 0 Å². The first-order valence-electron chi connectivity index (χ1n) is 5.99. The minimum absolute atomic E-state index is 0.237. The number of para-hydroxylation sites is 2. The number of ether oxygens (including phenoxy) is 1. The van der Waals surface area contributed by atoms with Crippen LogP contribution in [-0.2, 0) is 0 Å². The Morgan fingerprint density at radius 2 is 1.47 bits per heavy atom. The first-order valence-corrected chi connectivity index (χ1v) is 5.99. The summed E-state index contributed by atoms with van der Waals surface area (Å²) in [5, 5.41) is 3.52. The summed E-state index contributed by atoms with van der Waals surface area (Å²) in [4.78, 5) is 0. The molecule has 1 aliphatic heterocycles. The lowest BCUT2D eigenvalue weighted by Gasteiger charge is -2.28. The van der Waals surface area contributed by atoms with Crippen LogP contribution < -0.4 is 10.1 Å². The maximum Gasteiger partial charge on any atom is 0.132 e. The Bertz CT molecular complexity index is 490. The highest BCUT2D eigenvalue weighted by atomic mass is 16.5. The Balaban J connectivity index is 2.13. The molecule has 0 aromatic heterocycles. The monoisotopic (exact) mass is 225 g/mol. The molecular weight excluding hydrogens is 210 g/mol. The van der Waals surface area contributed by atoms with Gasteiger partial charge in [-0.25, -0.2) is 0 Å². The van der Waals surface area contributed by atoms with Crippen molar-refractivity contribution in [2.45, 2.75) is 13.0 Å². The maximum atomic E-state index is 5.91. The SMILES string of the molecule is CCNC1c2ccccc2Oc2ccccc21. The molecule has 86 valence electrons. The second-order valence-corrected chi connectivity index (χ2v) is 4.17. The normalized spacial score (nSPS) is 13.7. The van der Waals surface area contributed by atoms with Gasteiger partial charge in [-0.05, 0) is 18.7 Å². The Morgan fingerprint density at radius 1 is 0.941 bits per heavy atom. The molecule has 1 N–H and O–H groups in total. The number of rotatable bonds is 2. The molecule has 0 radical (unpaired) electrons. The van der Waals surface area contributed by atoms with E-state index in [0.29, 0.717) is 0 Å². The number of nitrogens with one attached hydrogen (secondary N) is 1. The Hall–Kier alpha value is -1.80. The van der Waals surface area contributed by atoms with E-state index < -0.39 is 0 Å². The van der Waals surface area contributed by atoms with Gasteiger partial charge in [0, 0.05) is 11.1 Å². The predicted molar refractivity (Wildman–Crippen MR) is 68.5 cm³/mol. The van der Waals surface area contributed by atoms with E-state index in [0.717, 1.165) is 18.0 Å². The molecule has 2 nitrogen and oxygen atoms in total. The van der Waals surface area contributed by atoms with Gasteiger partial charge in [-0.1, -0.05) is 43.3 Å². The van der Waals surface area contributed by atoms with E-state index in [1.807, 2.05) is 24.3 Å². The van der Waals surface area contributed by atoms with Gasteiger partial charge in [-0.2, -0.15) is 0 Å². The zero-order valence-electron chi connectivity index (χ0n) is 9.81. The van der Waals surface area contributed by atoms with Crippen molar-refractivity contribution < 1.29 is 4.74 Å². The molecule has 0 saturated heterocycles. The summed E-state index contributed by atoms with van der Waals surface area (Å²) < 4.78 is 5.91. The third-order valence-electron chi connectivity index (χ3n) is 3.09. The molecule has 1 heterocycles. The highest BCUT2D eigenvalue weighted by Crippen LogP contribution is 2.42. The highest BCUT2D eigenvalue weighted by molar-refractivity contribution is 5.52. The van der Waals surface area contributed by atoms with E-state index in [1.165, 1.54) is 11.1 Å². The summed E-state index contributed by atoms with van der Waals surface area (Å²) in [5.74, 6) is 1.91. The standard InChI is InChI=1S/C15H15NO/c1-2-16-15-11-7-3-5-9-13(11)17-14-10-6-4-8-12(14)15/h3-10,15-16H,2H2,1H3. The van der Waals surface area contributed by atoms with E-state index >= 15 is 0 Å². The third kappa shape index (κ3) is 1.71. The molecule has 1 aliphatic rings. The van der Waals surface area contributed by atoms with Gasteiger partial charge in [0.15, 0.2) is 0 Å². The molecule has 0 bridgehead atoms. The van der Waals surface area contributed by atoms with Crippen LogP contribution in [-0.4, -0.2) is 6.54 Å². The Morgan fingerprint density at radius 3 is 2.00 bits per heavy atom. The van der Waals surface area contributed by atoms with E-state index in [1.54, 1.807) is 0 Å². The smallest absolute Gasteiger partial charge is 0.132 e. The van der Waals surface area contributed by atoms with Crippen LogP contribution in [0.2, 0.25) is 0 Å². The lowest BCUT2D eigenvalue weighted by atomic mass is 9.94. The van der Waals surface area contributed by atoms with Crippen LogP contribution in [0.5, 0.6) is 11.5 Å². The van der Waals surface area contributed by atoms with Crippen LogP contribution in [0, 0.1) is 0 Å².